The highest BCUT2D eigenvalue weighted by atomic mass is 14.8. The van der Waals surface area contributed by atoms with Crippen molar-refractivity contribution in [3.8, 4) is 0 Å². The van der Waals surface area contributed by atoms with E-state index < -0.39 is 0 Å². The van der Waals surface area contributed by atoms with Gasteiger partial charge in [0.1, 0.15) is 0 Å². The molecule has 3 saturated carbocycles. The Kier molecular flexibility index (Phi) is 3.97. The van der Waals surface area contributed by atoms with Crippen molar-refractivity contribution >= 4 is 0 Å². The summed E-state index contributed by atoms with van der Waals surface area (Å²) in [6.45, 7) is 12.3. The molecule has 116 valence electrons. The van der Waals surface area contributed by atoms with Crippen LogP contribution in [0.1, 0.15) is 79.6 Å². The fourth-order valence-electron chi connectivity index (χ4n) is 6.41. The second-order valence-electron chi connectivity index (χ2n) is 8.78. The fraction of sp³-hybridized carbons (Fsp3) is 1.00. The molecule has 0 heteroatoms. The van der Waals surface area contributed by atoms with Crippen molar-refractivity contribution in [1.29, 1.82) is 0 Å². The average molecular weight is 277 g/mol. The summed E-state index contributed by atoms with van der Waals surface area (Å²) in [5.74, 6) is 7.50. The van der Waals surface area contributed by atoms with Crippen LogP contribution in [0.3, 0.4) is 0 Å². The first kappa shape index (κ1) is 14.9. The van der Waals surface area contributed by atoms with Gasteiger partial charge in [-0.25, -0.2) is 0 Å². The molecule has 0 aliphatic heterocycles. The Morgan fingerprint density at radius 2 is 1.75 bits per heavy atom. The maximum Gasteiger partial charge on any atom is -0.0198 e. The summed E-state index contributed by atoms with van der Waals surface area (Å²) in [7, 11) is 0. The van der Waals surface area contributed by atoms with Crippen LogP contribution in [-0.2, 0) is 0 Å². The smallest absolute Gasteiger partial charge is 0.0198 e. The largest absolute Gasteiger partial charge is 0.0654 e. The molecule has 0 bridgehead atoms. The molecule has 0 saturated heterocycles. The van der Waals surface area contributed by atoms with E-state index in [9.17, 15) is 0 Å². The first-order chi connectivity index (χ1) is 9.57. The summed E-state index contributed by atoms with van der Waals surface area (Å²) in [5, 5.41) is 0. The fourth-order valence-corrected chi connectivity index (χ4v) is 6.41. The molecule has 3 rings (SSSR count). The van der Waals surface area contributed by atoms with Crippen LogP contribution < -0.4 is 0 Å². The zero-order valence-corrected chi connectivity index (χ0v) is 14.5. The highest BCUT2D eigenvalue weighted by Crippen LogP contribution is 2.85. The molecule has 0 nitrogen and oxygen atoms in total. The molecule has 0 radical (unpaired) electrons. The van der Waals surface area contributed by atoms with Gasteiger partial charge in [0, 0.05) is 0 Å². The lowest BCUT2D eigenvalue weighted by molar-refractivity contribution is -0.0440. The minimum Gasteiger partial charge on any atom is -0.0654 e. The van der Waals surface area contributed by atoms with Crippen LogP contribution in [0.25, 0.3) is 0 Å². The van der Waals surface area contributed by atoms with E-state index in [1.165, 1.54) is 32.1 Å². The quantitative estimate of drug-likeness (QED) is 0.498. The van der Waals surface area contributed by atoms with E-state index in [0.29, 0.717) is 0 Å². The van der Waals surface area contributed by atoms with Gasteiger partial charge in [-0.1, -0.05) is 66.7 Å². The molecule has 3 fully saturated rings. The highest BCUT2D eigenvalue weighted by molar-refractivity contribution is 5.27. The van der Waals surface area contributed by atoms with Crippen molar-refractivity contribution in [2.75, 3.05) is 0 Å². The number of fused-ring (bicyclic) bond motifs is 1. The monoisotopic (exact) mass is 276 g/mol. The predicted octanol–water partition coefficient (Wildman–Crippen LogP) is 6.16. The Labute approximate surface area is 127 Å². The van der Waals surface area contributed by atoms with Crippen LogP contribution in [0.4, 0.5) is 0 Å². The molecular formula is C20H36. The van der Waals surface area contributed by atoms with Crippen molar-refractivity contribution in [3.05, 3.63) is 0 Å². The van der Waals surface area contributed by atoms with Gasteiger partial charge in [-0.3, -0.25) is 0 Å². The molecule has 3 aliphatic rings. The van der Waals surface area contributed by atoms with Crippen LogP contribution >= 0.6 is 0 Å². The van der Waals surface area contributed by atoms with Crippen LogP contribution in [0.2, 0.25) is 0 Å². The van der Waals surface area contributed by atoms with E-state index in [0.717, 1.165) is 46.8 Å². The van der Waals surface area contributed by atoms with Crippen molar-refractivity contribution in [2.45, 2.75) is 79.6 Å². The van der Waals surface area contributed by atoms with Crippen molar-refractivity contribution in [3.63, 3.8) is 0 Å². The Bertz CT molecular complexity index is 344. The molecule has 0 N–H and O–H groups in total. The maximum atomic E-state index is 2.51. The van der Waals surface area contributed by atoms with Gasteiger partial charge in [0.15, 0.2) is 0 Å². The molecule has 0 amide bonds. The molecule has 7 unspecified atom stereocenters. The third-order valence-electron chi connectivity index (χ3n) is 7.27. The second kappa shape index (κ2) is 5.33. The third kappa shape index (κ3) is 2.08. The average Bonchev–Trinajstić information content (AvgIpc) is 3.25. The van der Waals surface area contributed by atoms with E-state index >= 15 is 0 Å². The summed E-state index contributed by atoms with van der Waals surface area (Å²) >= 11 is 0. The standard InChI is InChI=1S/C20H36/c1-6-8-10-15(9-7-2)19-18(13(3)4)17-12-20(17,19)16-11-14(16)5/h13-19H,6-12H2,1-5H3. The minimum absolute atomic E-state index is 0.863. The molecular weight excluding hydrogens is 240 g/mol. The Hall–Kier alpha value is 0. The lowest BCUT2D eigenvalue weighted by atomic mass is 9.53. The van der Waals surface area contributed by atoms with Crippen LogP contribution in [-0.4, -0.2) is 0 Å². The summed E-state index contributed by atoms with van der Waals surface area (Å²) < 4.78 is 0. The maximum absolute atomic E-state index is 2.51. The normalized spacial score (nSPS) is 46.8. The lowest BCUT2D eigenvalue weighted by Gasteiger charge is -2.52. The summed E-state index contributed by atoms with van der Waals surface area (Å²) in [5.41, 5.74) is 0.863. The van der Waals surface area contributed by atoms with Gasteiger partial charge < -0.3 is 0 Å². The summed E-state index contributed by atoms with van der Waals surface area (Å²) in [4.78, 5) is 0. The van der Waals surface area contributed by atoms with Gasteiger partial charge in [0.2, 0.25) is 0 Å². The zero-order valence-electron chi connectivity index (χ0n) is 14.5. The van der Waals surface area contributed by atoms with Gasteiger partial charge in [0.05, 0.1) is 0 Å². The zero-order chi connectivity index (χ0) is 14.5. The highest BCUT2D eigenvalue weighted by Gasteiger charge is 2.79. The Morgan fingerprint density at radius 1 is 1.05 bits per heavy atom. The van der Waals surface area contributed by atoms with E-state index in [4.69, 9.17) is 0 Å². The molecule has 0 aromatic carbocycles. The van der Waals surface area contributed by atoms with Gasteiger partial charge in [-0.05, 0) is 59.7 Å². The summed E-state index contributed by atoms with van der Waals surface area (Å²) in [6.07, 6.45) is 10.4. The Morgan fingerprint density at radius 3 is 2.25 bits per heavy atom. The first-order valence-electron chi connectivity index (χ1n) is 9.57. The van der Waals surface area contributed by atoms with E-state index in [-0.39, 0.29) is 0 Å². The second-order valence-corrected chi connectivity index (χ2v) is 8.78. The topological polar surface area (TPSA) is 0 Å². The molecule has 0 heterocycles. The van der Waals surface area contributed by atoms with Crippen molar-refractivity contribution in [2.24, 2.45) is 46.8 Å². The Balaban J connectivity index is 1.75. The summed E-state index contributed by atoms with van der Waals surface area (Å²) in [6, 6.07) is 0. The first-order valence-corrected chi connectivity index (χ1v) is 9.57. The lowest BCUT2D eigenvalue weighted by Crippen LogP contribution is -2.47. The molecule has 7 atom stereocenters. The molecule has 0 spiro atoms. The van der Waals surface area contributed by atoms with E-state index in [1.807, 2.05) is 0 Å². The number of rotatable bonds is 8. The molecule has 3 aliphatic carbocycles. The SMILES string of the molecule is CCCCC(CCC)C1C(C(C)C)C2CC21C1CC1C. The van der Waals surface area contributed by atoms with Gasteiger partial charge >= 0.3 is 0 Å². The number of hydrogen-bond donors (Lipinski definition) is 0. The molecule has 0 aromatic rings. The van der Waals surface area contributed by atoms with Crippen LogP contribution in [0, 0.1) is 46.8 Å². The van der Waals surface area contributed by atoms with Gasteiger partial charge in [-0.15, -0.1) is 0 Å². The van der Waals surface area contributed by atoms with E-state index in [1.54, 1.807) is 12.8 Å². The van der Waals surface area contributed by atoms with E-state index in [2.05, 4.69) is 34.6 Å². The van der Waals surface area contributed by atoms with Crippen molar-refractivity contribution < 1.29 is 0 Å². The third-order valence-corrected chi connectivity index (χ3v) is 7.27. The van der Waals surface area contributed by atoms with Gasteiger partial charge in [-0.2, -0.15) is 0 Å². The van der Waals surface area contributed by atoms with Crippen LogP contribution in [0.15, 0.2) is 0 Å². The minimum atomic E-state index is 0.863. The molecule has 20 heavy (non-hydrogen) atoms. The number of unbranched alkanes of at least 4 members (excludes halogenated alkanes) is 1. The number of hydrogen-bond acceptors (Lipinski definition) is 0. The van der Waals surface area contributed by atoms with Gasteiger partial charge in [0.25, 0.3) is 0 Å². The van der Waals surface area contributed by atoms with Crippen LogP contribution in [0.5, 0.6) is 0 Å². The van der Waals surface area contributed by atoms with Crippen molar-refractivity contribution in [1.82, 2.24) is 0 Å². The molecule has 0 aromatic heterocycles. The predicted molar refractivity (Wildman–Crippen MR) is 87.6 cm³/mol.